The summed E-state index contributed by atoms with van der Waals surface area (Å²) in [5, 5.41) is 6.57. The van der Waals surface area contributed by atoms with Crippen molar-refractivity contribution in [3.63, 3.8) is 0 Å². The van der Waals surface area contributed by atoms with Crippen LogP contribution in [0.4, 0.5) is 23.0 Å². The summed E-state index contributed by atoms with van der Waals surface area (Å²) in [6, 6.07) is 7.72. The van der Waals surface area contributed by atoms with Crippen molar-refractivity contribution in [2.24, 2.45) is 0 Å². The van der Waals surface area contributed by atoms with Crippen molar-refractivity contribution in [2.45, 2.75) is 26.2 Å². The molecular formula is C19H28N6O. The van der Waals surface area contributed by atoms with Gasteiger partial charge in [0, 0.05) is 18.8 Å². The van der Waals surface area contributed by atoms with E-state index in [1.54, 1.807) is 0 Å². The number of anilines is 4. The summed E-state index contributed by atoms with van der Waals surface area (Å²) in [6.07, 6.45) is 5.47. The fraction of sp³-hybridized carbons (Fsp3) is 0.474. The molecule has 0 aliphatic carbocycles. The lowest BCUT2D eigenvalue weighted by atomic mass is 10.1. The highest BCUT2D eigenvalue weighted by atomic mass is 16.5. The van der Waals surface area contributed by atoms with Crippen molar-refractivity contribution < 1.29 is 4.74 Å². The Morgan fingerprint density at radius 3 is 2.54 bits per heavy atom. The lowest BCUT2D eigenvalue weighted by Crippen LogP contribution is -2.33. The molecule has 0 bridgehead atoms. The highest BCUT2D eigenvalue weighted by molar-refractivity contribution is 5.77. The van der Waals surface area contributed by atoms with Gasteiger partial charge in [0.1, 0.15) is 17.8 Å². The Kier molecular flexibility index (Phi) is 6.49. The minimum Gasteiger partial charge on any atom is -0.494 e. The number of nitrogen functional groups attached to an aromatic ring is 1. The molecule has 1 fully saturated rings. The largest absolute Gasteiger partial charge is 0.494 e. The quantitative estimate of drug-likeness (QED) is 0.670. The zero-order valence-electron chi connectivity index (χ0n) is 15.4. The van der Waals surface area contributed by atoms with Crippen LogP contribution in [0.15, 0.2) is 30.6 Å². The Hall–Kier alpha value is -2.54. The van der Waals surface area contributed by atoms with E-state index in [1.165, 1.54) is 38.7 Å². The standard InChI is InChI=1S/C19H28N6O/c1-2-26-16-8-6-15(7-9-16)24-19-17(20)18(22-14-23-19)21-10-13-25-11-4-3-5-12-25/h6-9,14H,2-5,10-13,20H2,1H3,(H2,21,22,23,24). The number of aromatic nitrogens is 2. The van der Waals surface area contributed by atoms with Gasteiger partial charge in [0.25, 0.3) is 0 Å². The van der Waals surface area contributed by atoms with Crippen molar-refractivity contribution in [3.05, 3.63) is 30.6 Å². The molecule has 1 aliphatic rings. The average Bonchev–Trinajstić information content (AvgIpc) is 2.67. The summed E-state index contributed by atoms with van der Waals surface area (Å²) in [5.74, 6) is 2.11. The molecule has 26 heavy (non-hydrogen) atoms. The number of rotatable bonds is 8. The molecule has 0 unspecified atom stereocenters. The second-order valence-electron chi connectivity index (χ2n) is 6.40. The first-order valence-corrected chi connectivity index (χ1v) is 9.33. The molecule has 2 aromatic rings. The van der Waals surface area contributed by atoms with E-state index in [4.69, 9.17) is 10.5 Å². The third-order valence-electron chi connectivity index (χ3n) is 4.48. The van der Waals surface area contributed by atoms with Gasteiger partial charge in [0.2, 0.25) is 0 Å². The molecule has 7 heteroatoms. The first-order chi connectivity index (χ1) is 12.8. The Morgan fingerprint density at radius 2 is 1.81 bits per heavy atom. The maximum Gasteiger partial charge on any atom is 0.159 e. The van der Waals surface area contributed by atoms with Crippen LogP contribution in [0.3, 0.4) is 0 Å². The molecule has 0 atom stereocenters. The van der Waals surface area contributed by atoms with E-state index in [9.17, 15) is 0 Å². The Labute approximate surface area is 155 Å². The van der Waals surface area contributed by atoms with E-state index in [0.29, 0.717) is 23.9 Å². The highest BCUT2D eigenvalue weighted by Gasteiger charge is 2.11. The van der Waals surface area contributed by atoms with E-state index >= 15 is 0 Å². The number of nitrogens with two attached hydrogens (primary N) is 1. The maximum atomic E-state index is 6.24. The Balaban J connectivity index is 1.57. The van der Waals surface area contributed by atoms with Gasteiger partial charge in [0.05, 0.1) is 6.61 Å². The van der Waals surface area contributed by atoms with Crippen molar-refractivity contribution in [3.8, 4) is 5.75 Å². The summed E-state index contributed by atoms with van der Waals surface area (Å²) in [7, 11) is 0. The van der Waals surface area contributed by atoms with Gasteiger partial charge in [-0.1, -0.05) is 6.42 Å². The summed E-state index contributed by atoms with van der Waals surface area (Å²) < 4.78 is 5.46. The monoisotopic (exact) mass is 356 g/mol. The van der Waals surface area contributed by atoms with Gasteiger partial charge in [-0.2, -0.15) is 0 Å². The topological polar surface area (TPSA) is 88.3 Å². The number of nitrogens with zero attached hydrogens (tertiary/aromatic N) is 3. The van der Waals surface area contributed by atoms with Crippen molar-refractivity contribution in [1.82, 2.24) is 14.9 Å². The SMILES string of the molecule is CCOc1ccc(Nc2ncnc(NCCN3CCCCC3)c2N)cc1. The molecule has 1 saturated heterocycles. The van der Waals surface area contributed by atoms with Crippen LogP contribution in [-0.4, -0.2) is 47.7 Å². The number of nitrogens with one attached hydrogen (secondary N) is 2. The molecule has 7 nitrogen and oxygen atoms in total. The van der Waals surface area contributed by atoms with E-state index < -0.39 is 0 Å². The van der Waals surface area contributed by atoms with Crippen LogP contribution in [0.1, 0.15) is 26.2 Å². The molecule has 0 spiro atoms. The van der Waals surface area contributed by atoms with Gasteiger partial charge in [-0.15, -0.1) is 0 Å². The van der Waals surface area contributed by atoms with E-state index in [-0.39, 0.29) is 0 Å². The van der Waals surface area contributed by atoms with E-state index in [2.05, 4.69) is 25.5 Å². The molecule has 0 amide bonds. The molecule has 1 aromatic carbocycles. The number of benzene rings is 1. The molecule has 140 valence electrons. The van der Waals surface area contributed by atoms with Crippen LogP contribution in [0.2, 0.25) is 0 Å². The van der Waals surface area contributed by atoms with Gasteiger partial charge in [-0.25, -0.2) is 9.97 Å². The normalized spacial score (nSPS) is 14.8. The van der Waals surface area contributed by atoms with Crippen LogP contribution in [0.25, 0.3) is 0 Å². The molecular weight excluding hydrogens is 328 g/mol. The van der Waals surface area contributed by atoms with Crippen molar-refractivity contribution in [2.75, 3.05) is 49.2 Å². The highest BCUT2D eigenvalue weighted by Crippen LogP contribution is 2.26. The zero-order chi connectivity index (χ0) is 18.2. The molecule has 1 aliphatic heterocycles. The minimum atomic E-state index is 0.528. The fourth-order valence-corrected chi connectivity index (χ4v) is 3.09. The Morgan fingerprint density at radius 1 is 1.08 bits per heavy atom. The zero-order valence-corrected chi connectivity index (χ0v) is 15.4. The van der Waals surface area contributed by atoms with Gasteiger partial charge < -0.3 is 26.0 Å². The smallest absolute Gasteiger partial charge is 0.159 e. The summed E-state index contributed by atoms with van der Waals surface area (Å²) in [4.78, 5) is 11.0. The molecule has 4 N–H and O–H groups in total. The number of likely N-dealkylation sites (tertiary alicyclic amines) is 1. The number of hydrogen-bond acceptors (Lipinski definition) is 7. The average molecular weight is 356 g/mol. The van der Waals surface area contributed by atoms with E-state index in [0.717, 1.165) is 24.5 Å². The van der Waals surface area contributed by atoms with Crippen LogP contribution in [0.5, 0.6) is 5.75 Å². The van der Waals surface area contributed by atoms with Gasteiger partial charge >= 0.3 is 0 Å². The number of ether oxygens (including phenoxy) is 1. The van der Waals surface area contributed by atoms with Gasteiger partial charge in [-0.3, -0.25) is 0 Å². The Bertz CT molecular complexity index is 685. The third kappa shape index (κ3) is 4.98. The molecule has 3 rings (SSSR count). The summed E-state index contributed by atoms with van der Waals surface area (Å²) in [5.41, 5.74) is 7.67. The second-order valence-corrected chi connectivity index (χ2v) is 6.40. The number of piperidine rings is 1. The van der Waals surface area contributed by atoms with Crippen LogP contribution in [-0.2, 0) is 0 Å². The molecule has 0 radical (unpaired) electrons. The van der Waals surface area contributed by atoms with Crippen LogP contribution < -0.4 is 21.1 Å². The first-order valence-electron chi connectivity index (χ1n) is 9.33. The lowest BCUT2D eigenvalue weighted by Gasteiger charge is -2.26. The van der Waals surface area contributed by atoms with Crippen molar-refractivity contribution in [1.29, 1.82) is 0 Å². The fourth-order valence-electron chi connectivity index (χ4n) is 3.09. The number of hydrogen-bond donors (Lipinski definition) is 3. The molecule has 2 heterocycles. The first kappa shape index (κ1) is 18.3. The third-order valence-corrected chi connectivity index (χ3v) is 4.48. The van der Waals surface area contributed by atoms with Gasteiger partial charge in [0.15, 0.2) is 11.6 Å². The van der Waals surface area contributed by atoms with E-state index in [1.807, 2.05) is 31.2 Å². The summed E-state index contributed by atoms with van der Waals surface area (Å²) in [6.45, 7) is 6.82. The van der Waals surface area contributed by atoms with Crippen LogP contribution in [0, 0.1) is 0 Å². The molecule has 1 aromatic heterocycles. The predicted octanol–water partition coefficient (Wildman–Crippen LogP) is 3.10. The lowest BCUT2D eigenvalue weighted by molar-refractivity contribution is 0.237. The van der Waals surface area contributed by atoms with Gasteiger partial charge in [-0.05, 0) is 57.1 Å². The van der Waals surface area contributed by atoms with Crippen LogP contribution >= 0.6 is 0 Å². The summed E-state index contributed by atoms with van der Waals surface area (Å²) >= 11 is 0. The second kappa shape index (κ2) is 9.24. The van der Waals surface area contributed by atoms with Crippen molar-refractivity contribution >= 4 is 23.0 Å². The minimum absolute atomic E-state index is 0.528. The maximum absolute atomic E-state index is 6.24. The predicted molar refractivity (Wildman–Crippen MR) is 106 cm³/mol. The molecule has 0 saturated carbocycles.